The molecule has 3 heterocycles. The van der Waals surface area contributed by atoms with E-state index in [2.05, 4.69) is 34.4 Å². The number of halogens is 1. The van der Waals surface area contributed by atoms with Gasteiger partial charge in [-0.2, -0.15) is 0 Å². The predicted molar refractivity (Wildman–Crippen MR) is 169 cm³/mol. The first kappa shape index (κ1) is 33.9. The molecule has 3 aliphatic rings. The number of hydrogen-bond donors (Lipinski definition) is 2. The first-order chi connectivity index (χ1) is 21.0. The van der Waals surface area contributed by atoms with Crippen molar-refractivity contribution in [1.29, 1.82) is 0 Å². The molecule has 1 unspecified atom stereocenters. The van der Waals surface area contributed by atoms with Crippen molar-refractivity contribution in [3.05, 3.63) is 61.2 Å². The van der Waals surface area contributed by atoms with Crippen LogP contribution in [0.4, 0.5) is 0 Å². The fourth-order valence-electron chi connectivity index (χ4n) is 6.90. The van der Waals surface area contributed by atoms with Gasteiger partial charge in [-0.1, -0.05) is 58.4 Å². The highest BCUT2D eigenvalue weighted by atomic mass is 79.9. The van der Waals surface area contributed by atoms with Crippen LogP contribution in [0.1, 0.15) is 45.6 Å². The molecule has 2 N–H and O–H groups in total. The van der Waals surface area contributed by atoms with E-state index in [1.807, 2.05) is 44.2 Å². The fraction of sp³-hybridized carbons (Fsp3) is 0.576. The van der Waals surface area contributed by atoms with Crippen LogP contribution in [-0.4, -0.2) is 99.1 Å². The van der Waals surface area contributed by atoms with Gasteiger partial charge in [0.15, 0.2) is 0 Å². The summed E-state index contributed by atoms with van der Waals surface area (Å²) in [6.45, 7) is 12.9. The first-order valence-corrected chi connectivity index (χ1v) is 16.2. The predicted octanol–water partition coefficient (Wildman–Crippen LogP) is 2.78. The van der Waals surface area contributed by atoms with Crippen molar-refractivity contribution in [2.75, 3.05) is 19.7 Å². The van der Waals surface area contributed by atoms with Gasteiger partial charge in [0, 0.05) is 23.8 Å². The van der Waals surface area contributed by atoms with E-state index >= 15 is 0 Å². The molecule has 11 heteroatoms. The molecule has 0 radical (unpaired) electrons. The molecule has 44 heavy (non-hydrogen) atoms. The summed E-state index contributed by atoms with van der Waals surface area (Å²) in [5.74, 6) is -3.46. The summed E-state index contributed by atoms with van der Waals surface area (Å²) in [5, 5.41) is 13.4. The summed E-state index contributed by atoms with van der Waals surface area (Å²) < 4.78 is 12.4. The minimum absolute atomic E-state index is 0.114. The number of allylic oxidation sites excluding steroid dienone is 1. The average Bonchev–Trinajstić information content (AvgIpc) is 3.59. The molecule has 8 atom stereocenters. The third kappa shape index (κ3) is 6.50. The van der Waals surface area contributed by atoms with E-state index in [1.54, 1.807) is 24.0 Å². The number of aliphatic hydroxyl groups excluding tert-OH is 1. The van der Waals surface area contributed by atoms with Crippen molar-refractivity contribution < 1.29 is 33.8 Å². The molecule has 1 aromatic rings. The van der Waals surface area contributed by atoms with Gasteiger partial charge in [0.1, 0.15) is 17.7 Å². The zero-order valence-electron chi connectivity index (χ0n) is 25.7. The molecule has 4 rings (SSSR count). The van der Waals surface area contributed by atoms with Crippen LogP contribution in [0.25, 0.3) is 0 Å². The Morgan fingerprint density at radius 3 is 2.55 bits per heavy atom. The Labute approximate surface area is 267 Å². The normalized spacial score (nSPS) is 28.4. The number of nitrogens with zero attached hydrogens (tertiary/aromatic N) is 2. The molecule has 2 bridgehead atoms. The number of amides is 3. The average molecular weight is 675 g/mol. The molecule has 3 saturated heterocycles. The summed E-state index contributed by atoms with van der Waals surface area (Å²) in [5.41, 5.74) is -0.396. The van der Waals surface area contributed by atoms with Crippen LogP contribution in [0.15, 0.2) is 55.6 Å². The lowest BCUT2D eigenvalue weighted by molar-refractivity contribution is -0.160. The largest absolute Gasteiger partial charge is 0.460 e. The minimum atomic E-state index is -1.29. The van der Waals surface area contributed by atoms with Crippen LogP contribution >= 0.6 is 15.9 Å². The van der Waals surface area contributed by atoms with Gasteiger partial charge in [0.05, 0.1) is 37.1 Å². The van der Waals surface area contributed by atoms with E-state index < -0.39 is 53.6 Å². The van der Waals surface area contributed by atoms with Gasteiger partial charge in [-0.15, -0.1) is 13.2 Å². The zero-order valence-corrected chi connectivity index (χ0v) is 27.3. The molecule has 3 amide bonds. The Hall–Kier alpha value is -3.02. The van der Waals surface area contributed by atoms with E-state index in [4.69, 9.17) is 9.47 Å². The number of hydrogen-bond acceptors (Lipinski definition) is 7. The molecule has 0 aromatic heterocycles. The maximum atomic E-state index is 14.5. The van der Waals surface area contributed by atoms with E-state index in [0.29, 0.717) is 19.3 Å². The monoisotopic (exact) mass is 673 g/mol. The smallest absolute Gasteiger partial charge is 0.312 e. The summed E-state index contributed by atoms with van der Waals surface area (Å²) in [7, 11) is 0. The lowest BCUT2D eigenvalue weighted by Crippen LogP contribution is -2.60. The molecule has 3 fully saturated rings. The number of carbonyl (C=O) groups excluding carboxylic acids is 4. The Kier molecular flexibility index (Phi) is 11.1. The van der Waals surface area contributed by atoms with Gasteiger partial charge in [-0.3, -0.25) is 19.2 Å². The second-order valence-corrected chi connectivity index (χ2v) is 13.4. The molecular weight excluding hydrogens is 630 g/mol. The topological polar surface area (TPSA) is 125 Å². The fourth-order valence-corrected chi connectivity index (χ4v) is 7.84. The molecule has 3 aliphatic heterocycles. The van der Waals surface area contributed by atoms with Crippen molar-refractivity contribution >= 4 is 39.6 Å². The SMILES string of the molecule is C=CCCC(=O)NC[C@H](C)OC(=O)[C@@H]1[C@H]2O[C@@]3(CC2Br)[C@H](C(=O)N(CC=C)C(C)C)N([C@@H](CO)Cc2ccccc2)C(=O)[C@@H]13. The molecular formula is C33H44BrN3O7. The van der Waals surface area contributed by atoms with Crippen molar-refractivity contribution in [2.24, 2.45) is 11.8 Å². The van der Waals surface area contributed by atoms with E-state index in [1.165, 1.54) is 4.90 Å². The number of fused-ring (bicyclic) bond motifs is 1. The van der Waals surface area contributed by atoms with Crippen molar-refractivity contribution in [3.8, 4) is 0 Å². The quantitative estimate of drug-likeness (QED) is 0.167. The van der Waals surface area contributed by atoms with Crippen molar-refractivity contribution in [1.82, 2.24) is 15.1 Å². The minimum Gasteiger partial charge on any atom is -0.460 e. The Bertz CT molecular complexity index is 1240. The first-order valence-electron chi connectivity index (χ1n) is 15.3. The number of carbonyl (C=O) groups is 4. The Balaban J connectivity index is 1.67. The van der Waals surface area contributed by atoms with Gasteiger partial charge in [-0.05, 0) is 45.6 Å². The van der Waals surface area contributed by atoms with Gasteiger partial charge in [0.25, 0.3) is 0 Å². The highest BCUT2D eigenvalue weighted by molar-refractivity contribution is 9.09. The molecule has 10 nitrogen and oxygen atoms in total. The van der Waals surface area contributed by atoms with Crippen LogP contribution in [0.2, 0.25) is 0 Å². The highest BCUT2D eigenvalue weighted by Crippen LogP contribution is 2.60. The zero-order chi connectivity index (χ0) is 32.2. The standard InChI is InChI=1S/C33H44BrN3O7/c1-6-8-14-25(39)35-18-21(5)43-32(42)26-27-30(40)37(23(19-38)16-22-12-10-9-11-13-22)29(31(41)36(15-7-2)20(3)4)33(27)17-24(34)28(26)44-33/h6-7,9-13,20-21,23-24,26-29,38H,1-2,8,14-19H2,3-5H3,(H,35,39)/t21-,23+,24?,26-,27+,28-,29-,33+/m0/s1. The van der Waals surface area contributed by atoms with Crippen LogP contribution in [-0.2, 0) is 35.1 Å². The number of nitrogens with one attached hydrogen (secondary N) is 1. The van der Waals surface area contributed by atoms with Crippen LogP contribution in [0, 0.1) is 11.8 Å². The molecule has 240 valence electrons. The van der Waals surface area contributed by atoms with E-state index in [0.717, 1.165) is 5.56 Å². The summed E-state index contributed by atoms with van der Waals surface area (Å²) >= 11 is 3.68. The molecule has 1 aromatic carbocycles. The summed E-state index contributed by atoms with van der Waals surface area (Å²) in [4.78, 5) is 57.6. The number of aliphatic hydroxyl groups is 1. The van der Waals surface area contributed by atoms with Crippen LogP contribution < -0.4 is 5.32 Å². The van der Waals surface area contributed by atoms with Gasteiger partial charge in [0.2, 0.25) is 17.7 Å². The Morgan fingerprint density at radius 1 is 1.23 bits per heavy atom. The number of esters is 1. The van der Waals surface area contributed by atoms with E-state index in [-0.39, 0.29) is 48.8 Å². The third-order valence-corrected chi connectivity index (χ3v) is 9.71. The lowest BCUT2D eigenvalue weighted by atomic mass is 9.70. The number of ether oxygens (including phenoxy) is 2. The van der Waals surface area contributed by atoms with Crippen molar-refractivity contribution in [3.63, 3.8) is 0 Å². The number of likely N-dealkylation sites (tertiary alicyclic amines) is 1. The van der Waals surface area contributed by atoms with Gasteiger partial charge < -0.3 is 29.7 Å². The Morgan fingerprint density at radius 2 is 1.93 bits per heavy atom. The molecule has 1 spiro atoms. The maximum absolute atomic E-state index is 14.5. The summed E-state index contributed by atoms with van der Waals surface area (Å²) in [6.07, 6.45) is 3.43. The second-order valence-electron chi connectivity index (χ2n) is 12.2. The summed E-state index contributed by atoms with van der Waals surface area (Å²) in [6, 6.07) is 7.48. The van der Waals surface area contributed by atoms with Crippen LogP contribution in [0.3, 0.4) is 0 Å². The highest BCUT2D eigenvalue weighted by Gasteiger charge is 2.77. The maximum Gasteiger partial charge on any atom is 0.312 e. The van der Waals surface area contributed by atoms with Gasteiger partial charge >= 0.3 is 5.97 Å². The molecule has 0 aliphatic carbocycles. The van der Waals surface area contributed by atoms with Crippen LogP contribution in [0.5, 0.6) is 0 Å². The van der Waals surface area contributed by atoms with E-state index in [9.17, 15) is 24.3 Å². The number of benzene rings is 1. The third-order valence-electron chi connectivity index (χ3n) is 8.86. The lowest BCUT2D eigenvalue weighted by Gasteiger charge is -2.40. The van der Waals surface area contributed by atoms with Crippen molar-refractivity contribution in [2.45, 2.75) is 87.2 Å². The van der Waals surface area contributed by atoms with Gasteiger partial charge in [-0.25, -0.2) is 0 Å². The number of rotatable bonds is 15. The second kappa shape index (κ2) is 14.4. The molecule has 0 saturated carbocycles. The number of alkyl halides is 1.